The van der Waals surface area contributed by atoms with Crippen LogP contribution in [0.15, 0.2) is 35.3 Å². The third-order valence-corrected chi connectivity index (χ3v) is 4.49. The van der Waals surface area contributed by atoms with E-state index in [0.717, 1.165) is 29.5 Å². The molecule has 1 aromatic heterocycles. The lowest BCUT2D eigenvalue weighted by Crippen LogP contribution is -2.58. The van der Waals surface area contributed by atoms with E-state index in [9.17, 15) is 9.59 Å². The Kier molecular flexibility index (Phi) is 8.25. The van der Waals surface area contributed by atoms with Crippen LogP contribution in [-0.2, 0) is 4.74 Å². The number of hydrogen-bond acceptors (Lipinski definition) is 6. The molecule has 0 spiro atoms. The number of rotatable bonds is 2. The molecule has 2 saturated heterocycles. The van der Waals surface area contributed by atoms with Gasteiger partial charge in [-0.15, -0.1) is 0 Å². The van der Waals surface area contributed by atoms with E-state index in [2.05, 4.69) is 15.6 Å². The molecule has 4 rings (SSSR count). The molecule has 8 heteroatoms. The second-order valence-electron chi connectivity index (χ2n) is 8.25. The number of likely N-dealkylation sites (tertiary alicyclic amines) is 1. The Hall–Kier alpha value is -2.58. The number of amides is 1. The van der Waals surface area contributed by atoms with E-state index >= 15 is 0 Å². The molecule has 0 atom stereocenters. The summed E-state index contributed by atoms with van der Waals surface area (Å²) in [5, 5.41) is 8.33. The van der Waals surface area contributed by atoms with Gasteiger partial charge in [-0.3, -0.25) is 4.79 Å². The third kappa shape index (κ3) is 6.74. The van der Waals surface area contributed by atoms with E-state index in [4.69, 9.17) is 10.5 Å². The molecule has 2 aliphatic heterocycles. The Morgan fingerprint density at radius 1 is 1.20 bits per heavy atom. The van der Waals surface area contributed by atoms with E-state index in [0.29, 0.717) is 19.1 Å². The summed E-state index contributed by atoms with van der Waals surface area (Å²) >= 11 is 0. The molecule has 5 N–H and O–H groups in total. The molecule has 2 aromatic rings. The van der Waals surface area contributed by atoms with Crippen LogP contribution < -0.4 is 21.9 Å². The van der Waals surface area contributed by atoms with Crippen LogP contribution in [0.4, 0.5) is 10.5 Å². The first-order valence-electron chi connectivity index (χ1n) is 10.5. The smallest absolute Gasteiger partial charge is 0.410 e. The van der Waals surface area contributed by atoms with E-state index < -0.39 is 5.60 Å². The van der Waals surface area contributed by atoms with Gasteiger partial charge in [0.25, 0.3) is 5.56 Å². The highest BCUT2D eigenvalue weighted by Gasteiger charge is 2.31. The highest BCUT2D eigenvalue weighted by Crippen LogP contribution is 2.17. The van der Waals surface area contributed by atoms with Crippen molar-refractivity contribution in [3.63, 3.8) is 0 Å². The van der Waals surface area contributed by atoms with Gasteiger partial charge in [0.05, 0.1) is 6.04 Å². The predicted octanol–water partition coefficient (Wildman–Crippen LogP) is 2.50. The number of ether oxygens (including phenoxy) is 1. The number of H-pyrrole nitrogens is 1. The lowest BCUT2D eigenvalue weighted by atomic mass is 10.1. The highest BCUT2D eigenvalue weighted by atomic mass is 16.6. The molecule has 3 heterocycles. The Labute approximate surface area is 178 Å². The van der Waals surface area contributed by atoms with Gasteiger partial charge in [-0.1, -0.05) is 13.8 Å². The minimum atomic E-state index is -0.406. The standard InChI is InChI=1S/C12H13N3O.C8H16N2O2.C2H6/c16-12-11-2-1-9(15-10-6-13-7-10)5-8(11)3-4-14-12;1-8(2,3)12-7(11)10-4-6(9)5-10;1-2/h1-5,10,13,15H,6-7H2,(H,14,16);6H,4-5,9H2,1-3H3;1-2H3. The van der Waals surface area contributed by atoms with Crippen molar-refractivity contribution in [1.82, 2.24) is 15.2 Å². The number of pyridine rings is 1. The van der Waals surface area contributed by atoms with E-state index in [1.54, 1.807) is 11.1 Å². The molecule has 0 radical (unpaired) electrons. The molecular formula is C22H35N5O3. The van der Waals surface area contributed by atoms with Crippen molar-refractivity contribution in [2.45, 2.75) is 52.3 Å². The molecule has 0 unspecified atom stereocenters. The Balaban J connectivity index is 0.000000205. The van der Waals surface area contributed by atoms with Gasteiger partial charge in [0.15, 0.2) is 0 Å². The normalized spacial score (nSPS) is 16.3. The molecule has 8 nitrogen and oxygen atoms in total. The molecule has 1 aromatic carbocycles. The largest absolute Gasteiger partial charge is 0.444 e. The summed E-state index contributed by atoms with van der Waals surface area (Å²) in [6, 6.07) is 8.40. The van der Waals surface area contributed by atoms with Crippen LogP contribution in [0, 0.1) is 0 Å². The minimum Gasteiger partial charge on any atom is -0.444 e. The predicted molar refractivity (Wildman–Crippen MR) is 122 cm³/mol. The summed E-state index contributed by atoms with van der Waals surface area (Å²) in [5.74, 6) is 0. The lowest BCUT2D eigenvalue weighted by Gasteiger charge is -2.37. The third-order valence-electron chi connectivity index (χ3n) is 4.49. The number of aromatic nitrogens is 1. The number of anilines is 1. The van der Waals surface area contributed by atoms with Crippen LogP contribution in [0.1, 0.15) is 34.6 Å². The second kappa shape index (κ2) is 10.4. The summed E-state index contributed by atoms with van der Waals surface area (Å²) in [6.07, 6.45) is 1.42. The van der Waals surface area contributed by atoms with Gasteiger partial charge in [0, 0.05) is 49.5 Å². The van der Waals surface area contributed by atoms with Gasteiger partial charge in [0.1, 0.15) is 5.60 Å². The first kappa shape index (κ1) is 23.7. The van der Waals surface area contributed by atoms with Crippen LogP contribution >= 0.6 is 0 Å². The number of fused-ring (bicyclic) bond motifs is 1. The first-order chi connectivity index (χ1) is 14.2. The van der Waals surface area contributed by atoms with Crippen molar-refractivity contribution in [1.29, 1.82) is 0 Å². The fraction of sp³-hybridized carbons (Fsp3) is 0.545. The zero-order valence-corrected chi connectivity index (χ0v) is 18.6. The highest BCUT2D eigenvalue weighted by molar-refractivity contribution is 5.84. The SMILES string of the molecule is CC.CC(C)(C)OC(=O)N1CC(N)C1.O=c1[nH]ccc2cc(NC3CNC3)ccc12. The number of carbonyl (C=O) groups excluding carboxylic acids is 1. The van der Waals surface area contributed by atoms with E-state index in [-0.39, 0.29) is 17.7 Å². The van der Waals surface area contributed by atoms with Gasteiger partial charge in [0.2, 0.25) is 0 Å². The van der Waals surface area contributed by atoms with Crippen molar-refractivity contribution < 1.29 is 9.53 Å². The maximum atomic E-state index is 11.5. The number of aromatic amines is 1. The summed E-state index contributed by atoms with van der Waals surface area (Å²) < 4.78 is 5.12. The molecule has 2 fully saturated rings. The zero-order chi connectivity index (χ0) is 22.3. The van der Waals surface area contributed by atoms with Crippen molar-refractivity contribution in [2.75, 3.05) is 31.5 Å². The monoisotopic (exact) mass is 417 g/mol. The summed E-state index contributed by atoms with van der Waals surface area (Å²) in [6.45, 7) is 12.8. The first-order valence-corrected chi connectivity index (χ1v) is 10.5. The number of nitrogens with one attached hydrogen (secondary N) is 3. The van der Waals surface area contributed by atoms with Crippen LogP contribution in [0.25, 0.3) is 10.8 Å². The number of nitrogens with two attached hydrogens (primary N) is 1. The Bertz CT molecular complexity index is 880. The van der Waals surface area contributed by atoms with Crippen molar-refractivity contribution in [3.8, 4) is 0 Å². The molecule has 166 valence electrons. The minimum absolute atomic E-state index is 0.0330. The van der Waals surface area contributed by atoms with Gasteiger partial charge >= 0.3 is 6.09 Å². The molecule has 30 heavy (non-hydrogen) atoms. The van der Waals surface area contributed by atoms with Gasteiger partial charge in [-0.05, 0) is 50.4 Å². The Morgan fingerprint density at radius 3 is 2.40 bits per heavy atom. The molecular weight excluding hydrogens is 382 g/mol. The van der Waals surface area contributed by atoms with Crippen LogP contribution in [0.2, 0.25) is 0 Å². The summed E-state index contributed by atoms with van der Waals surface area (Å²) in [5.41, 5.74) is 6.16. The second-order valence-corrected chi connectivity index (χ2v) is 8.25. The van der Waals surface area contributed by atoms with Gasteiger partial charge < -0.3 is 31.0 Å². The Morgan fingerprint density at radius 2 is 1.87 bits per heavy atom. The van der Waals surface area contributed by atoms with Crippen molar-refractivity contribution in [2.24, 2.45) is 5.73 Å². The lowest BCUT2D eigenvalue weighted by molar-refractivity contribution is 0.00883. The molecule has 1 amide bonds. The van der Waals surface area contributed by atoms with Gasteiger partial charge in [-0.2, -0.15) is 0 Å². The zero-order valence-electron chi connectivity index (χ0n) is 18.6. The van der Waals surface area contributed by atoms with Crippen LogP contribution in [0.3, 0.4) is 0 Å². The maximum Gasteiger partial charge on any atom is 0.410 e. The number of carbonyl (C=O) groups is 1. The topological polar surface area (TPSA) is 112 Å². The number of hydrogen-bond donors (Lipinski definition) is 4. The van der Waals surface area contributed by atoms with E-state index in [1.807, 2.05) is 58.9 Å². The maximum absolute atomic E-state index is 11.5. The van der Waals surface area contributed by atoms with Gasteiger partial charge in [-0.25, -0.2) is 4.79 Å². The summed E-state index contributed by atoms with van der Waals surface area (Å²) in [7, 11) is 0. The average molecular weight is 418 g/mol. The molecule has 2 aliphatic rings. The summed E-state index contributed by atoms with van der Waals surface area (Å²) in [4.78, 5) is 27.0. The quantitative estimate of drug-likeness (QED) is 0.597. The van der Waals surface area contributed by atoms with Crippen LogP contribution in [-0.4, -0.2) is 59.8 Å². The fourth-order valence-electron chi connectivity index (χ4n) is 2.90. The number of nitrogens with zero attached hydrogens (tertiary/aromatic N) is 1. The van der Waals surface area contributed by atoms with E-state index in [1.165, 1.54) is 0 Å². The van der Waals surface area contributed by atoms with Crippen molar-refractivity contribution in [3.05, 3.63) is 40.8 Å². The molecule has 0 bridgehead atoms. The molecule has 0 saturated carbocycles. The average Bonchev–Trinajstić information content (AvgIpc) is 2.63. The fourth-order valence-corrected chi connectivity index (χ4v) is 2.90. The van der Waals surface area contributed by atoms with Crippen LogP contribution in [0.5, 0.6) is 0 Å². The number of benzene rings is 1. The van der Waals surface area contributed by atoms with Crippen molar-refractivity contribution >= 4 is 22.6 Å². The molecule has 0 aliphatic carbocycles.